The number of carbonyl (C=O) groups excluding carboxylic acids is 1. The predicted octanol–water partition coefficient (Wildman–Crippen LogP) is 3.92. The third-order valence-electron chi connectivity index (χ3n) is 4.14. The molecule has 0 saturated heterocycles. The fourth-order valence-electron chi connectivity index (χ4n) is 2.71. The highest BCUT2D eigenvalue weighted by atomic mass is 16.5. The molecule has 0 amide bonds. The van der Waals surface area contributed by atoms with E-state index in [1.54, 1.807) is 12.1 Å². The molecule has 0 unspecified atom stereocenters. The van der Waals surface area contributed by atoms with Crippen molar-refractivity contribution in [3.63, 3.8) is 0 Å². The highest BCUT2D eigenvalue weighted by molar-refractivity contribution is 5.89. The summed E-state index contributed by atoms with van der Waals surface area (Å²) in [6.45, 7) is 7.13. The zero-order valence-corrected chi connectivity index (χ0v) is 15.5. The van der Waals surface area contributed by atoms with Gasteiger partial charge in [0.25, 0.3) is 0 Å². The van der Waals surface area contributed by atoms with Crippen LogP contribution in [0.2, 0.25) is 0 Å². The van der Waals surface area contributed by atoms with Gasteiger partial charge in [-0.15, -0.1) is 0 Å². The number of aryl methyl sites for hydroxylation is 2. The van der Waals surface area contributed by atoms with Crippen LogP contribution < -0.4 is 5.32 Å². The molecule has 3 rings (SSSR count). The second-order valence-corrected chi connectivity index (χ2v) is 6.36. The van der Waals surface area contributed by atoms with Gasteiger partial charge in [0.1, 0.15) is 0 Å². The molecule has 136 valence electrons. The van der Waals surface area contributed by atoms with Crippen LogP contribution in [0.1, 0.15) is 47.2 Å². The van der Waals surface area contributed by atoms with Crippen molar-refractivity contribution in [3.8, 4) is 0 Å². The van der Waals surface area contributed by atoms with Crippen molar-refractivity contribution >= 4 is 17.4 Å². The van der Waals surface area contributed by atoms with E-state index in [0.717, 1.165) is 35.6 Å². The Bertz CT molecular complexity index is 900. The maximum Gasteiger partial charge on any atom is 0.338 e. The molecule has 1 aromatic carbocycles. The van der Waals surface area contributed by atoms with Gasteiger partial charge in [0.15, 0.2) is 0 Å². The SMILES string of the molecule is CCCCOC(=O)c1ccc(NCc2cn3c(C)cc(C)nc3n2)cc1. The normalized spacial score (nSPS) is 10.9. The summed E-state index contributed by atoms with van der Waals surface area (Å²) in [7, 11) is 0. The van der Waals surface area contributed by atoms with Gasteiger partial charge >= 0.3 is 5.97 Å². The molecule has 6 nitrogen and oxygen atoms in total. The largest absolute Gasteiger partial charge is 0.462 e. The van der Waals surface area contributed by atoms with Gasteiger partial charge in [-0.3, -0.25) is 4.40 Å². The summed E-state index contributed by atoms with van der Waals surface area (Å²) in [5.41, 5.74) is 4.47. The number of imidazole rings is 1. The number of rotatable bonds is 7. The molecular formula is C20H24N4O2. The van der Waals surface area contributed by atoms with Crippen molar-refractivity contribution in [2.75, 3.05) is 11.9 Å². The lowest BCUT2D eigenvalue weighted by atomic mass is 10.2. The molecular weight excluding hydrogens is 328 g/mol. The number of ether oxygens (including phenoxy) is 1. The first-order valence-electron chi connectivity index (χ1n) is 8.90. The number of anilines is 1. The van der Waals surface area contributed by atoms with Crippen molar-refractivity contribution < 1.29 is 9.53 Å². The maximum atomic E-state index is 11.9. The van der Waals surface area contributed by atoms with Gasteiger partial charge in [0, 0.05) is 23.3 Å². The summed E-state index contributed by atoms with van der Waals surface area (Å²) in [5, 5.41) is 3.32. The van der Waals surface area contributed by atoms with E-state index >= 15 is 0 Å². The average Bonchev–Trinajstić information content (AvgIpc) is 3.04. The lowest BCUT2D eigenvalue weighted by Gasteiger charge is -2.06. The fourth-order valence-corrected chi connectivity index (χ4v) is 2.71. The standard InChI is InChI=1S/C20H24N4O2/c1-4-5-10-26-19(25)16-6-8-17(9-7-16)21-12-18-13-24-15(3)11-14(2)22-20(24)23-18/h6-9,11,13,21H,4-5,10,12H2,1-3H3. The van der Waals surface area contributed by atoms with Crippen LogP contribution in [0, 0.1) is 13.8 Å². The van der Waals surface area contributed by atoms with E-state index in [1.165, 1.54) is 0 Å². The summed E-state index contributed by atoms with van der Waals surface area (Å²) >= 11 is 0. The lowest BCUT2D eigenvalue weighted by molar-refractivity contribution is 0.0500. The van der Waals surface area contributed by atoms with E-state index in [1.807, 2.05) is 42.6 Å². The average molecular weight is 352 g/mol. The summed E-state index contributed by atoms with van der Waals surface area (Å²) in [5.74, 6) is 0.437. The molecule has 2 heterocycles. The molecule has 0 atom stereocenters. The number of carbonyl (C=O) groups is 1. The number of benzene rings is 1. The first-order chi connectivity index (χ1) is 12.6. The summed E-state index contributed by atoms with van der Waals surface area (Å²) in [6, 6.07) is 9.33. The lowest BCUT2D eigenvalue weighted by Crippen LogP contribution is -2.06. The zero-order valence-electron chi connectivity index (χ0n) is 15.5. The topological polar surface area (TPSA) is 68.5 Å². The molecule has 0 aliphatic heterocycles. The number of fused-ring (bicyclic) bond motifs is 1. The third kappa shape index (κ3) is 4.20. The van der Waals surface area contributed by atoms with E-state index in [2.05, 4.69) is 22.2 Å². The number of aromatic nitrogens is 3. The van der Waals surface area contributed by atoms with Gasteiger partial charge < -0.3 is 10.1 Å². The Morgan fingerprint density at radius 1 is 1.19 bits per heavy atom. The van der Waals surface area contributed by atoms with Crippen molar-refractivity contribution in [2.45, 2.75) is 40.2 Å². The van der Waals surface area contributed by atoms with Crippen molar-refractivity contribution in [3.05, 3.63) is 59.2 Å². The van der Waals surface area contributed by atoms with Gasteiger partial charge in [0.2, 0.25) is 5.78 Å². The van der Waals surface area contributed by atoms with E-state index in [9.17, 15) is 4.79 Å². The van der Waals surface area contributed by atoms with Gasteiger partial charge in [0.05, 0.1) is 24.4 Å². The molecule has 6 heteroatoms. The highest BCUT2D eigenvalue weighted by Gasteiger charge is 2.08. The van der Waals surface area contributed by atoms with Crippen molar-refractivity contribution in [1.82, 2.24) is 14.4 Å². The van der Waals surface area contributed by atoms with Crippen molar-refractivity contribution in [1.29, 1.82) is 0 Å². The van der Waals surface area contributed by atoms with Crippen LogP contribution >= 0.6 is 0 Å². The first-order valence-corrected chi connectivity index (χ1v) is 8.90. The van der Waals surface area contributed by atoms with Gasteiger partial charge in [-0.1, -0.05) is 13.3 Å². The Morgan fingerprint density at radius 3 is 2.69 bits per heavy atom. The van der Waals surface area contributed by atoms with Crippen LogP contribution in [0.3, 0.4) is 0 Å². The molecule has 0 fully saturated rings. The number of hydrogen-bond acceptors (Lipinski definition) is 5. The fraction of sp³-hybridized carbons (Fsp3) is 0.350. The number of unbranched alkanes of at least 4 members (excludes halogenated alkanes) is 1. The molecule has 1 N–H and O–H groups in total. The van der Waals surface area contributed by atoms with E-state index in [4.69, 9.17) is 4.74 Å². The monoisotopic (exact) mass is 352 g/mol. The Kier molecular flexibility index (Phi) is 5.51. The van der Waals surface area contributed by atoms with Crippen LogP contribution in [0.25, 0.3) is 5.78 Å². The predicted molar refractivity (Wildman–Crippen MR) is 101 cm³/mol. The summed E-state index contributed by atoms with van der Waals surface area (Å²) in [4.78, 5) is 20.9. The zero-order chi connectivity index (χ0) is 18.5. The molecule has 0 saturated carbocycles. The van der Waals surface area contributed by atoms with Crippen LogP contribution in [0.4, 0.5) is 5.69 Å². The molecule has 0 aliphatic carbocycles. The summed E-state index contributed by atoms with van der Waals surface area (Å²) in [6.07, 6.45) is 3.88. The van der Waals surface area contributed by atoms with Crippen LogP contribution in [0.5, 0.6) is 0 Å². The molecule has 2 aromatic heterocycles. The second kappa shape index (κ2) is 7.99. The van der Waals surface area contributed by atoms with Gasteiger partial charge in [-0.2, -0.15) is 0 Å². The molecule has 0 radical (unpaired) electrons. The Hall–Kier alpha value is -2.89. The Labute approximate surface area is 153 Å². The van der Waals surface area contributed by atoms with Crippen LogP contribution in [0.15, 0.2) is 36.5 Å². The molecule has 0 spiro atoms. The van der Waals surface area contributed by atoms with E-state index in [-0.39, 0.29) is 5.97 Å². The number of nitrogens with zero attached hydrogens (tertiary/aromatic N) is 3. The van der Waals surface area contributed by atoms with E-state index < -0.39 is 0 Å². The quantitative estimate of drug-likeness (QED) is 0.516. The van der Waals surface area contributed by atoms with Crippen LogP contribution in [-0.4, -0.2) is 26.9 Å². The Balaban J connectivity index is 1.61. The number of esters is 1. The minimum absolute atomic E-state index is 0.276. The van der Waals surface area contributed by atoms with Crippen molar-refractivity contribution in [2.24, 2.45) is 0 Å². The third-order valence-corrected chi connectivity index (χ3v) is 4.14. The molecule has 3 aromatic rings. The minimum atomic E-state index is -0.276. The van der Waals surface area contributed by atoms with Gasteiger partial charge in [-0.25, -0.2) is 14.8 Å². The molecule has 0 aliphatic rings. The summed E-state index contributed by atoms with van der Waals surface area (Å²) < 4.78 is 7.20. The number of hydrogen-bond donors (Lipinski definition) is 1. The highest BCUT2D eigenvalue weighted by Crippen LogP contribution is 2.13. The molecule has 0 bridgehead atoms. The maximum absolute atomic E-state index is 11.9. The molecule has 26 heavy (non-hydrogen) atoms. The minimum Gasteiger partial charge on any atom is -0.462 e. The van der Waals surface area contributed by atoms with Gasteiger partial charge in [-0.05, 0) is 50.6 Å². The Morgan fingerprint density at radius 2 is 1.96 bits per heavy atom. The van der Waals surface area contributed by atoms with Crippen LogP contribution in [-0.2, 0) is 11.3 Å². The van der Waals surface area contributed by atoms with E-state index in [0.29, 0.717) is 24.5 Å². The number of nitrogens with one attached hydrogen (secondary N) is 1. The smallest absolute Gasteiger partial charge is 0.338 e. The second-order valence-electron chi connectivity index (χ2n) is 6.36. The first kappa shape index (κ1) is 17.9.